The summed E-state index contributed by atoms with van der Waals surface area (Å²) in [6.45, 7) is 2.12. The second kappa shape index (κ2) is 13.7. The topological polar surface area (TPSA) is 145 Å². The molecule has 0 aliphatic heterocycles. The third-order valence-electron chi connectivity index (χ3n) is 5.09. The van der Waals surface area contributed by atoms with Crippen LogP contribution in [0.25, 0.3) is 12.2 Å². The predicted molar refractivity (Wildman–Crippen MR) is 135 cm³/mol. The molecular weight excluding hydrogens is 466 g/mol. The maximum atomic E-state index is 12.4. The fourth-order valence-corrected chi connectivity index (χ4v) is 3.21. The Morgan fingerprint density at radius 3 is 2.22 bits per heavy atom. The highest BCUT2D eigenvalue weighted by Gasteiger charge is 2.19. The third-order valence-corrected chi connectivity index (χ3v) is 5.09. The van der Waals surface area contributed by atoms with Crippen LogP contribution in [0.5, 0.6) is 23.0 Å². The number of rotatable bonds is 13. The number of aromatic hydroxyl groups is 2. The van der Waals surface area contributed by atoms with Gasteiger partial charge in [-0.2, -0.15) is 0 Å². The Kier molecular flexibility index (Phi) is 10.7. The molecule has 9 heteroatoms. The average Bonchev–Trinajstić information content (AvgIpc) is 2.86. The number of carbonyl (C=O) groups is 3. The van der Waals surface area contributed by atoms with Gasteiger partial charge in [-0.1, -0.05) is 25.1 Å². The fourth-order valence-electron chi connectivity index (χ4n) is 3.21. The van der Waals surface area contributed by atoms with Crippen molar-refractivity contribution >= 4 is 29.7 Å². The first-order valence-corrected chi connectivity index (χ1v) is 11.3. The molecule has 0 saturated heterocycles. The summed E-state index contributed by atoms with van der Waals surface area (Å²) in [4.78, 5) is 36.7. The number of nitrogens with two attached hydrogens (primary N) is 1. The summed E-state index contributed by atoms with van der Waals surface area (Å²) in [5.74, 6) is -1.15. The van der Waals surface area contributed by atoms with Gasteiger partial charge in [0.05, 0.1) is 27.2 Å². The standard InChI is InChI=1S/C27H31NO8/c1-4-11-36-27(33)22(28)13-19-14-24(32)26(35-3)15-18(19)7-9-21(30)16-20(29)8-5-17-6-10-23(31)25(12-17)34-2/h5-10,12,14-15,22,31-32H,4,11,13,16,28H2,1-3H3/b8-5+,9-7+. The zero-order valence-electron chi connectivity index (χ0n) is 20.5. The van der Waals surface area contributed by atoms with Gasteiger partial charge in [0.15, 0.2) is 34.6 Å². The molecule has 0 amide bonds. The fraction of sp³-hybridized carbons (Fsp3) is 0.296. The van der Waals surface area contributed by atoms with Crippen molar-refractivity contribution in [2.45, 2.75) is 32.2 Å². The molecule has 1 atom stereocenters. The lowest BCUT2D eigenvalue weighted by atomic mass is 9.98. The average molecular weight is 498 g/mol. The zero-order valence-corrected chi connectivity index (χ0v) is 20.5. The molecule has 1 unspecified atom stereocenters. The molecule has 36 heavy (non-hydrogen) atoms. The third kappa shape index (κ3) is 8.28. The van der Waals surface area contributed by atoms with Crippen molar-refractivity contribution in [1.82, 2.24) is 0 Å². The predicted octanol–water partition coefficient (Wildman–Crippen LogP) is 3.19. The SMILES string of the molecule is CCCOC(=O)C(N)Cc1cc(O)c(OC)cc1/C=C/C(=O)CC(=O)/C=C/c1ccc(O)c(OC)c1. The maximum Gasteiger partial charge on any atom is 0.323 e. The van der Waals surface area contributed by atoms with Gasteiger partial charge in [-0.15, -0.1) is 0 Å². The smallest absolute Gasteiger partial charge is 0.323 e. The van der Waals surface area contributed by atoms with Crippen LogP contribution in [0.2, 0.25) is 0 Å². The molecule has 0 heterocycles. The van der Waals surface area contributed by atoms with E-state index in [2.05, 4.69) is 0 Å². The molecular formula is C27H31NO8. The van der Waals surface area contributed by atoms with E-state index in [9.17, 15) is 24.6 Å². The zero-order chi connectivity index (χ0) is 26.7. The van der Waals surface area contributed by atoms with E-state index in [1.165, 1.54) is 56.7 Å². The lowest BCUT2D eigenvalue weighted by molar-refractivity contribution is -0.145. The molecule has 0 radical (unpaired) electrons. The van der Waals surface area contributed by atoms with Gasteiger partial charge in [0.2, 0.25) is 0 Å². The molecule has 9 nitrogen and oxygen atoms in total. The van der Waals surface area contributed by atoms with Crippen molar-refractivity contribution in [1.29, 1.82) is 0 Å². The number of phenols is 2. The van der Waals surface area contributed by atoms with Gasteiger partial charge in [-0.25, -0.2) is 0 Å². The van der Waals surface area contributed by atoms with Crippen molar-refractivity contribution in [3.05, 3.63) is 59.2 Å². The van der Waals surface area contributed by atoms with Gasteiger partial charge in [-0.3, -0.25) is 14.4 Å². The molecule has 0 aliphatic carbocycles. The molecule has 4 N–H and O–H groups in total. The Bertz CT molecular complexity index is 1150. The van der Waals surface area contributed by atoms with Crippen LogP contribution in [0.4, 0.5) is 0 Å². The minimum absolute atomic E-state index is 0.0228. The van der Waals surface area contributed by atoms with Crippen LogP contribution < -0.4 is 15.2 Å². The number of methoxy groups -OCH3 is 2. The summed E-state index contributed by atoms with van der Waals surface area (Å²) in [5, 5.41) is 19.8. The normalized spacial score (nSPS) is 12.0. The van der Waals surface area contributed by atoms with E-state index < -0.39 is 23.6 Å². The second-order valence-electron chi connectivity index (χ2n) is 7.91. The van der Waals surface area contributed by atoms with Crippen LogP contribution in [0.3, 0.4) is 0 Å². The summed E-state index contributed by atoms with van der Waals surface area (Å²) < 4.78 is 15.2. The Morgan fingerprint density at radius 2 is 1.58 bits per heavy atom. The summed E-state index contributed by atoms with van der Waals surface area (Å²) in [7, 11) is 2.80. The molecule has 0 aromatic heterocycles. The summed E-state index contributed by atoms with van der Waals surface area (Å²) in [5.41, 5.74) is 7.58. The molecule has 2 rings (SSSR count). The molecule has 192 valence electrons. The summed E-state index contributed by atoms with van der Waals surface area (Å²) in [6.07, 6.45) is 5.87. The first kappa shape index (κ1) is 28.1. The maximum absolute atomic E-state index is 12.4. The van der Waals surface area contributed by atoms with Gasteiger partial charge < -0.3 is 30.2 Å². The number of ketones is 2. The van der Waals surface area contributed by atoms with E-state index in [4.69, 9.17) is 19.9 Å². The van der Waals surface area contributed by atoms with E-state index in [0.717, 1.165) is 0 Å². The second-order valence-corrected chi connectivity index (χ2v) is 7.91. The summed E-state index contributed by atoms with van der Waals surface area (Å²) in [6, 6.07) is 6.57. The first-order chi connectivity index (χ1) is 17.2. The van der Waals surface area contributed by atoms with Crippen LogP contribution in [-0.4, -0.2) is 54.6 Å². The van der Waals surface area contributed by atoms with Gasteiger partial charge in [0, 0.05) is 0 Å². The summed E-state index contributed by atoms with van der Waals surface area (Å²) >= 11 is 0. The highest BCUT2D eigenvalue weighted by atomic mass is 16.5. The van der Waals surface area contributed by atoms with Crippen LogP contribution in [0, 0.1) is 0 Å². The number of hydrogen-bond donors (Lipinski definition) is 3. The number of esters is 1. The number of ether oxygens (including phenoxy) is 3. The lowest BCUT2D eigenvalue weighted by Crippen LogP contribution is -2.34. The quantitative estimate of drug-likeness (QED) is 0.216. The van der Waals surface area contributed by atoms with E-state index in [1.54, 1.807) is 12.1 Å². The molecule has 2 aromatic carbocycles. The number of hydrogen-bond acceptors (Lipinski definition) is 9. The largest absolute Gasteiger partial charge is 0.504 e. The first-order valence-electron chi connectivity index (χ1n) is 11.3. The Hall–Kier alpha value is -4.11. The molecule has 0 aliphatic rings. The van der Waals surface area contributed by atoms with Crippen LogP contribution >= 0.6 is 0 Å². The van der Waals surface area contributed by atoms with Crippen LogP contribution in [-0.2, 0) is 25.5 Å². The molecule has 0 fully saturated rings. The van der Waals surface area contributed by atoms with Gasteiger partial charge >= 0.3 is 5.97 Å². The molecule has 0 spiro atoms. The van der Waals surface area contributed by atoms with Crippen LogP contribution in [0.15, 0.2) is 42.5 Å². The van der Waals surface area contributed by atoms with Gasteiger partial charge in [0.1, 0.15) is 6.04 Å². The van der Waals surface area contributed by atoms with Crippen LogP contribution in [0.1, 0.15) is 36.5 Å². The Labute approximate surface area is 209 Å². The molecule has 0 saturated carbocycles. The number of allylic oxidation sites excluding steroid dienone is 2. The lowest BCUT2D eigenvalue weighted by Gasteiger charge is -2.15. The number of carbonyl (C=O) groups excluding carboxylic acids is 3. The van der Waals surface area contributed by atoms with Crippen molar-refractivity contribution in [3.8, 4) is 23.0 Å². The highest BCUT2D eigenvalue weighted by Crippen LogP contribution is 2.31. The Morgan fingerprint density at radius 1 is 0.944 bits per heavy atom. The number of benzene rings is 2. The monoisotopic (exact) mass is 497 g/mol. The van der Waals surface area contributed by atoms with E-state index >= 15 is 0 Å². The van der Waals surface area contributed by atoms with E-state index in [1.807, 2.05) is 6.92 Å². The molecule has 2 aromatic rings. The molecule has 0 bridgehead atoms. The van der Waals surface area contributed by atoms with Crippen molar-refractivity contribution in [2.24, 2.45) is 5.73 Å². The minimum Gasteiger partial charge on any atom is -0.504 e. The van der Waals surface area contributed by atoms with E-state index in [-0.39, 0.29) is 42.4 Å². The van der Waals surface area contributed by atoms with Crippen molar-refractivity contribution < 1.29 is 38.8 Å². The number of phenolic OH excluding ortho intramolecular Hbond substituents is 2. The van der Waals surface area contributed by atoms with Gasteiger partial charge in [-0.05, 0) is 65.9 Å². The highest BCUT2D eigenvalue weighted by molar-refractivity contribution is 6.11. The van der Waals surface area contributed by atoms with Gasteiger partial charge in [0.25, 0.3) is 0 Å². The Balaban J connectivity index is 2.12. The van der Waals surface area contributed by atoms with Crippen molar-refractivity contribution in [3.63, 3.8) is 0 Å². The van der Waals surface area contributed by atoms with E-state index in [0.29, 0.717) is 23.1 Å². The minimum atomic E-state index is -0.961. The van der Waals surface area contributed by atoms with Crippen molar-refractivity contribution in [2.75, 3.05) is 20.8 Å².